The third kappa shape index (κ3) is 2.97. The maximum absolute atomic E-state index is 3.84. The van der Waals surface area contributed by atoms with Gasteiger partial charge in [0.05, 0.1) is 0 Å². The van der Waals surface area contributed by atoms with Crippen LogP contribution in [0.25, 0.3) is 0 Å². The van der Waals surface area contributed by atoms with E-state index >= 15 is 0 Å². The van der Waals surface area contributed by atoms with Crippen molar-refractivity contribution in [2.75, 3.05) is 0 Å². The van der Waals surface area contributed by atoms with Crippen molar-refractivity contribution >= 4 is 15.9 Å². The lowest BCUT2D eigenvalue weighted by Gasteiger charge is -2.26. The van der Waals surface area contributed by atoms with Crippen molar-refractivity contribution in [3.8, 4) is 0 Å². The lowest BCUT2D eigenvalue weighted by Crippen LogP contribution is -2.35. The van der Waals surface area contributed by atoms with Gasteiger partial charge in [0.2, 0.25) is 0 Å². The highest BCUT2D eigenvalue weighted by Gasteiger charge is 2.25. The molecule has 2 atom stereocenters. The van der Waals surface area contributed by atoms with Gasteiger partial charge in [-0.3, -0.25) is 0 Å². The van der Waals surface area contributed by atoms with Crippen LogP contribution in [0.1, 0.15) is 57.2 Å². The highest BCUT2D eigenvalue weighted by Crippen LogP contribution is 2.33. The molecule has 0 aromatic heterocycles. The average molecular weight is 310 g/mol. The van der Waals surface area contributed by atoms with Gasteiger partial charge in [0.25, 0.3) is 0 Å². The number of benzene rings is 1. The molecule has 0 aliphatic heterocycles. The van der Waals surface area contributed by atoms with Crippen molar-refractivity contribution in [3.05, 3.63) is 33.8 Å². The monoisotopic (exact) mass is 309 g/mol. The third-order valence-corrected chi connectivity index (χ3v) is 4.90. The van der Waals surface area contributed by atoms with Gasteiger partial charge in [-0.2, -0.15) is 0 Å². The van der Waals surface area contributed by atoms with E-state index in [1.807, 2.05) is 0 Å². The first-order valence-electron chi connectivity index (χ1n) is 7.20. The quantitative estimate of drug-likeness (QED) is 0.819. The van der Waals surface area contributed by atoms with Crippen LogP contribution < -0.4 is 5.32 Å². The van der Waals surface area contributed by atoms with E-state index < -0.39 is 0 Å². The highest BCUT2D eigenvalue weighted by atomic mass is 79.9. The molecule has 0 heterocycles. The van der Waals surface area contributed by atoms with Crippen LogP contribution in [-0.2, 0) is 6.42 Å². The van der Waals surface area contributed by atoms with Crippen LogP contribution >= 0.6 is 15.9 Å². The molecular formula is C16H24BrN. The zero-order valence-corrected chi connectivity index (χ0v) is 13.3. The summed E-state index contributed by atoms with van der Waals surface area (Å²) >= 11 is 3.56. The van der Waals surface area contributed by atoms with E-state index in [0.717, 1.165) is 5.92 Å². The summed E-state index contributed by atoms with van der Waals surface area (Å²) < 4.78 is 1.20. The summed E-state index contributed by atoms with van der Waals surface area (Å²) in [6, 6.07) is 7.90. The van der Waals surface area contributed by atoms with Gasteiger partial charge in [-0.05, 0) is 48.9 Å². The minimum atomic E-state index is 0.559. The number of nitrogens with one attached hydrogen (secondary N) is 1. The van der Waals surface area contributed by atoms with Crippen molar-refractivity contribution < 1.29 is 0 Å². The number of hydrogen-bond acceptors (Lipinski definition) is 1. The molecule has 2 heteroatoms. The normalized spacial score (nSPS) is 20.2. The fraction of sp³-hybridized carbons (Fsp3) is 0.625. The van der Waals surface area contributed by atoms with Gasteiger partial charge in [-0.1, -0.05) is 48.7 Å². The summed E-state index contributed by atoms with van der Waals surface area (Å²) in [4.78, 5) is 0. The first kappa shape index (κ1) is 14.1. The number of fused-ring (bicyclic) bond motifs is 1. The topological polar surface area (TPSA) is 12.0 Å². The number of rotatable bonds is 5. The molecule has 0 radical (unpaired) electrons. The summed E-state index contributed by atoms with van der Waals surface area (Å²) in [5, 5.41) is 3.84. The van der Waals surface area contributed by atoms with E-state index in [1.54, 1.807) is 0 Å². The second-order valence-electron chi connectivity index (χ2n) is 5.47. The Morgan fingerprint density at radius 2 is 2.06 bits per heavy atom. The second-order valence-corrected chi connectivity index (χ2v) is 6.38. The highest BCUT2D eigenvalue weighted by molar-refractivity contribution is 9.10. The van der Waals surface area contributed by atoms with Crippen LogP contribution in [0, 0.1) is 5.92 Å². The molecule has 0 amide bonds. The molecular weight excluding hydrogens is 286 g/mol. The largest absolute Gasteiger partial charge is 0.307 e. The van der Waals surface area contributed by atoms with Gasteiger partial charge in [0.15, 0.2) is 0 Å². The molecule has 1 aliphatic carbocycles. The Balaban J connectivity index is 2.05. The minimum Gasteiger partial charge on any atom is -0.307 e. The van der Waals surface area contributed by atoms with Crippen molar-refractivity contribution in [2.24, 2.45) is 5.92 Å². The molecule has 18 heavy (non-hydrogen) atoms. The molecule has 1 nitrogen and oxygen atoms in total. The SMILES string of the molecule is CCC(CC)C(C)NC1CCc2cc(Br)ccc21. The van der Waals surface area contributed by atoms with E-state index in [4.69, 9.17) is 0 Å². The summed E-state index contributed by atoms with van der Waals surface area (Å²) in [5.74, 6) is 0.796. The fourth-order valence-corrected chi connectivity index (χ4v) is 3.62. The van der Waals surface area contributed by atoms with E-state index in [2.05, 4.69) is 60.2 Å². The molecule has 2 rings (SSSR count). The Kier molecular flexibility index (Phi) is 4.85. The third-order valence-electron chi connectivity index (χ3n) is 4.40. The van der Waals surface area contributed by atoms with E-state index in [0.29, 0.717) is 12.1 Å². The van der Waals surface area contributed by atoms with Gasteiger partial charge < -0.3 is 5.32 Å². The fourth-order valence-electron chi connectivity index (χ4n) is 3.21. The molecule has 1 aromatic carbocycles. The second kappa shape index (κ2) is 6.21. The molecule has 100 valence electrons. The summed E-state index contributed by atoms with van der Waals surface area (Å²) in [7, 11) is 0. The average Bonchev–Trinajstić information content (AvgIpc) is 2.73. The van der Waals surface area contributed by atoms with Gasteiger partial charge >= 0.3 is 0 Å². The molecule has 1 N–H and O–H groups in total. The molecule has 1 aromatic rings. The minimum absolute atomic E-state index is 0.559. The molecule has 0 spiro atoms. The van der Waals surface area contributed by atoms with Crippen molar-refractivity contribution in [3.63, 3.8) is 0 Å². The summed E-state index contributed by atoms with van der Waals surface area (Å²) in [5.41, 5.74) is 3.02. The first-order chi connectivity index (χ1) is 8.65. The zero-order chi connectivity index (χ0) is 13.1. The lowest BCUT2D eigenvalue weighted by molar-refractivity contribution is 0.322. The predicted molar refractivity (Wildman–Crippen MR) is 81.9 cm³/mol. The Hall–Kier alpha value is -0.340. The molecule has 0 saturated carbocycles. The smallest absolute Gasteiger partial charge is 0.0328 e. The van der Waals surface area contributed by atoms with Crippen molar-refractivity contribution in [1.29, 1.82) is 0 Å². The van der Waals surface area contributed by atoms with Gasteiger partial charge in [-0.15, -0.1) is 0 Å². The van der Waals surface area contributed by atoms with Crippen LogP contribution in [0.5, 0.6) is 0 Å². The van der Waals surface area contributed by atoms with E-state index in [-0.39, 0.29) is 0 Å². The van der Waals surface area contributed by atoms with Crippen LogP contribution in [0.2, 0.25) is 0 Å². The van der Waals surface area contributed by atoms with Crippen LogP contribution in [0.4, 0.5) is 0 Å². The van der Waals surface area contributed by atoms with Gasteiger partial charge in [0, 0.05) is 16.6 Å². The maximum Gasteiger partial charge on any atom is 0.0328 e. The Morgan fingerprint density at radius 3 is 2.72 bits per heavy atom. The Morgan fingerprint density at radius 1 is 1.33 bits per heavy atom. The molecule has 0 fully saturated rings. The molecule has 1 aliphatic rings. The van der Waals surface area contributed by atoms with E-state index in [9.17, 15) is 0 Å². The Labute approximate surface area is 119 Å². The Bertz CT molecular complexity index is 398. The zero-order valence-electron chi connectivity index (χ0n) is 11.7. The van der Waals surface area contributed by atoms with E-state index in [1.165, 1.54) is 41.3 Å². The summed E-state index contributed by atoms with van der Waals surface area (Å²) in [6.45, 7) is 6.94. The first-order valence-corrected chi connectivity index (χ1v) is 7.99. The maximum atomic E-state index is 3.84. The van der Waals surface area contributed by atoms with Crippen molar-refractivity contribution in [1.82, 2.24) is 5.32 Å². The number of aryl methyl sites for hydroxylation is 1. The van der Waals surface area contributed by atoms with Crippen LogP contribution in [-0.4, -0.2) is 6.04 Å². The standard InChI is InChI=1S/C16H24BrN/c1-4-12(5-2)11(3)18-16-9-6-13-10-14(17)7-8-15(13)16/h7-8,10-12,16,18H,4-6,9H2,1-3H3. The lowest BCUT2D eigenvalue weighted by atomic mass is 9.94. The van der Waals surface area contributed by atoms with Crippen LogP contribution in [0.3, 0.4) is 0 Å². The van der Waals surface area contributed by atoms with Gasteiger partial charge in [-0.25, -0.2) is 0 Å². The van der Waals surface area contributed by atoms with Crippen molar-refractivity contribution in [2.45, 2.75) is 58.5 Å². The molecule has 2 unspecified atom stereocenters. The summed E-state index contributed by atoms with van der Waals surface area (Å²) in [6.07, 6.45) is 4.99. The molecule has 0 saturated heterocycles. The number of hydrogen-bond donors (Lipinski definition) is 1. The predicted octanol–water partition coefficient (Wildman–Crippen LogP) is 4.85. The molecule has 0 bridgehead atoms. The van der Waals surface area contributed by atoms with Gasteiger partial charge in [0.1, 0.15) is 0 Å². The van der Waals surface area contributed by atoms with Crippen LogP contribution in [0.15, 0.2) is 22.7 Å². The number of halogens is 1.